The normalized spacial score (nSPS) is 11.3. The number of rotatable bonds is 12. The molecule has 0 N–H and O–H groups in total. The Bertz CT molecular complexity index is 537. The summed E-state index contributed by atoms with van der Waals surface area (Å²) >= 11 is 0. The van der Waals surface area contributed by atoms with Gasteiger partial charge in [-0.15, -0.1) is 0 Å². The fraction of sp³-hybridized carbons (Fsp3) is 0.714. The van der Waals surface area contributed by atoms with E-state index in [1.165, 1.54) is 82.1 Å². The molecule has 0 aliphatic heterocycles. The summed E-state index contributed by atoms with van der Waals surface area (Å²) in [5.41, 5.74) is 0.928. The minimum Gasteiger partial charge on any atom is -0.744 e. The molecular formula is C21H38O3S2. The topological polar surface area (TPSA) is 57.2 Å². The van der Waals surface area contributed by atoms with Crippen molar-refractivity contribution in [1.82, 2.24) is 0 Å². The van der Waals surface area contributed by atoms with Crippen molar-refractivity contribution in [2.24, 2.45) is 0 Å². The van der Waals surface area contributed by atoms with E-state index in [-0.39, 0.29) is 4.90 Å². The molecule has 0 spiro atoms. The van der Waals surface area contributed by atoms with Crippen LogP contribution in [0, 0.1) is 6.92 Å². The predicted octanol–water partition coefficient (Wildman–Crippen LogP) is 5.68. The smallest absolute Gasteiger partial charge is 0.124 e. The van der Waals surface area contributed by atoms with Crippen molar-refractivity contribution in [2.45, 2.75) is 83.0 Å². The summed E-state index contributed by atoms with van der Waals surface area (Å²) in [4.78, 5) is -0.178. The molecule has 0 aliphatic carbocycles. The zero-order chi connectivity index (χ0) is 19.8. The number of hydrogen-bond donors (Lipinski definition) is 0. The molecule has 1 aromatic carbocycles. The maximum Gasteiger partial charge on any atom is 0.124 e. The van der Waals surface area contributed by atoms with E-state index in [0.717, 1.165) is 5.56 Å². The van der Waals surface area contributed by atoms with Crippen molar-refractivity contribution in [2.75, 3.05) is 18.3 Å². The largest absolute Gasteiger partial charge is 0.744 e. The van der Waals surface area contributed by atoms with Gasteiger partial charge in [-0.05, 0) is 42.8 Å². The van der Waals surface area contributed by atoms with Crippen LogP contribution in [0.2, 0.25) is 0 Å². The van der Waals surface area contributed by atoms with Gasteiger partial charge >= 0.3 is 0 Å². The summed E-state index contributed by atoms with van der Waals surface area (Å²) in [7, 11) is -3.60. The minimum atomic E-state index is -4.27. The van der Waals surface area contributed by atoms with Crippen molar-refractivity contribution in [3.63, 3.8) is 0 Å². The standard InChI is InChI=1S/C14H31S.C7H8O3S/c1-4-5-6-7-8-9-10-11-12-13-14-15(2)3;1-6-2-4-7(5-3-6)11(8,9)10/h4-14H2,1-3H3;2-5H,1H3,(H,8,9,10)/q+1;/p-1. The summed E-state index contributed by atoms with van der Waals surface area (Å²) in [6.45, 7) is 4.11. The molecule has 26 heavy (non-hydrogen) atoms. The summed E-state index contributed by atoms with van der Waals surface area (Å²) in [5, 5.41) is 0. The minimum absolute atomic E-state index is 0.178. The molecule has 1 rings (SSSR count). The molecule has 0 aliphatic rings. The van der Waals surface area contributed by atoms with Crippen LogP contribution in [-0.4, -0.2) is 31.2 Å². The molecule has 0 radical (unpaired) electrons. The Hall–Kier alpha value is -0.520. The third-order valence-corrected chi connectivity index (χ3v) is 6.17. The molecule has 3 nitrogen and oxygen atoms in total. The zero-order valence-corrected chi connectivity index (χ0v) is 18.8. The molecule has 0 amide bonds. The van der Waals surface area contributed by atoms with Crippen molar-refractivity contribution in [3.05, 3.63) is 29.8 Å². The van der Waals surface area contributed by atoms with Crippen LogP contribution in [0.4, 0.5) is 0 Å². The highest BCUT2D eigenvalue weighted by Crippen LogP contribution is 2.11. The fourth-order valence-corrected chi connectivity index (χ4v) is 3.83. The summed E-state index contributed by atoms with van der Waals surface area (Å²) in [6.07, 6.45) is 19.3. The molecule has 0 fully saturated rings. The lowest BCUT2D eigenvalue weighted by Gasteiger charge is -2.05. The first kappa shape index (κ1) is 25.5. The lowest BCUT2D eigenvalue weighted by molar-refractivity contribution is 0.463. The van der Waals surface area contributed by atoms with Gasteiger partial charge in [0.25, 0.3) is 0 Å². The van der Waals surface area contributed by atoms with Gasteiger partial charge in [0.1, 0.15) is 15.9 Å². The van der Waals surface area contributed by atoms with Crippen molar-refractivity contribution < 1.29 is 13.0 Å². The number of aryl methyl sites for hydroxylation is 1. The Kier molecular flexibility index (Phi) is 15.2. The molecule has 0 saturated heterocycles. The van der Waals surface area contributed by atoms with Crippen LogP contribution in [0.15, 0.2) is 29.2 Å². The average molecular weight is 403 g/mol. The molecule has 0 unspecified atom stereocenters. The molecule has 0 bridgehead atoms. The Morgan fingerprint density at radius 3 is 1.62 bits per heavy atom. The SMILES string of the molecule is CCCCCCCCCCCC[S+](C)C.Cc1ccc(S(=O)(=O)[O-])cc1. The van der Waals surface area contributed by atoms with Gasteiger partial charge in [-0.3, -0.25) is 0 Å². The summed E-state index contributed by atoms with van der Waals surface area (Å²) in [5.74, 6) is 1.45. The lowest BCUT2D eigenvalue weighted by atomic mass is 10.1. The number of benzene rings is 1. The molecular weight excluding hydrogens is 364 g/mol. The van der Waals surface area contributed by atoms with E-state index in [0.29, 0.717) is 10.9 Å². The van der Waals surface area contributed by atoms with Crippen LogP contribution in [-0.2, 0) is 21.0 Å². The zero-order valence-electron chi connectivity index (χ0n) is 17.1. The Morgan fingerprint density at radius 2 is 1.23 bits per heavy atom. The van der Waals surface area contributed by atoms with E-state index in [1.54, 1.807) is 12.1 Å². The van der Waals surface area contributed by atoms with Gasteiger partial charge in [-0.1, -0.05) is 76.0 Å². The molecule has 0 aromatic heterocycles. The van der Waals surface area contributed by atoms with Gasteiger partial charge in [-0.25, -0.2) is 8.42 Å². The summed E-state index contributed by atoms with van der Waals surface area (Å²) in [6, 6.07) is 5.78. The highest BCUT2D eigenvalue weighted by atomic mass is 32.2. The van der Waals surface area contributed by atoms with E-state index in [9.17, 15) is 13.0 Å². The third-order valence-electron chi connectivity index (χ3n) is 4.22. The maximum atomic E-state index is 10.4. The van der Waals surface area contributed by atoms with Gasteiger partial charge in [0.2, 0.25) is 0 Å². The quantitative estimate of drug-likeness (QED) is 0.256. The van der Waals surface area contributed by atoms with Crippen LogP contribution in [0.3, 0.4) is 0 Å². The highest BCUT2D eigenvalue weighted by Gasteiger charge is 2.00. The maximum absolute atomic E-state index is 10.4. The van der Waals surface area contributed by atoms with Crippen LogP contribution < -0.4 is 0 Å². The molecule has 0 saturated carbocycles. The van der Waals surface area contributed by atoms with E-state index >= 15 is 0 Å². The second-order valence-corrected chi connectivity index (χ2v) is 10.9. The van der Waals surface area contributed by atoms with Crippen molar-refractivity contribution in [1.29, 1.82) is 0 Å². The van der Waals surface area contributed by atoms with Gasteiger partial charge < -0.3 is 4.55 Å². The predicted molar refractivity (Wildman–Crippen MR) is 115 cm³/mol. The Labute approximate surface area is 165 Å². The second-order valence-electron chi connectivity index (χ2n) is 7.14. The molecule has 0 heterocycles. The van der Waals surface area contributed by atoms with Crippen LogP contribution >= 0.6 is 0 Å². The number of hydrogen-bond acceptors (Lipinski definition) is 3. The lowest BCUT2D eigenvalue weighted by Crippen LogP contribution is -2.00. The van der Waals surface area contributed by atoms with Crippen LogP contribution in [0.1, 0.15) is 76.7 Å². The first-order valence-corrected chi connectivity index (χ1v) is 13.5. The Balaban J connectivity index is 0.000000502. The van der Waals surface area contributed by atoms with E-state index < -0.39 is 10.1 Å². The Morgan fingerprint density at radius 1 is 0.808 bits per heavy atom. The van der Waals surface area contributed by atoms with Gasteiger partial charge in [0, 0.05) is 0 Å². The number of unbranched alkanes of at least 4 members (excludes halogenated alkanes) is 9. The second kappa shape index (κ2) is 15.5. The highest BCUT2D eigenvalue weighted by molar-refractivity contribution is 7.95. The van der Waals surface area contributed by atoms with E-state index in [2.05, 4.69) is 19.4 Å². The fourth-order valence-electron chi connectivity index (χ4n) is 2.58. The van der Waals surface area contributed by atoms with Crippen molar-refractivity contribution in [3.8, 4) is 0 Å². The first-order chi connectivity index (χ1) is 12.3. The molecule has 152 valence electrons. The molecule has 0 atom stereocenters. The van der Waals surface area contributed by atoms with Crippen LogP contribution in [0.5, 0.6) is 0 Å². The monoisotopic (exact) mass is 402 g/mol. The molecule has 5 heteroatoms. The molecule has 1 aromatic rings. The van der Waals surface area contributed by atoms with Crippen LogP contribution in [0.25, 0.3) is 0 Å². The van der Waals surface area contributed by atoms with Gasteiger partial charge in [-0.2, -0.15) is 0 Å². The van der Waals surface area contributed by atoms with E-state index in [4.69, 9.17) is 0 Å². The van der Waals surface area contributed by atoms with Gasteiger partial charge in [0.15, 0.2) is 0 Å². The average Bonchev–Trinajstić information content (AvgIpc) is 2.56. The van der Waals surface area contributed by atoms with Gasteiger partial charge in [0.05, 0.1) is 17.4 Å². The summed E-state index contributed by atoms with van der Waals surface area (Å²) < 4.78 is 31.2. The van der Waals surface area contributed by atoms with Crippen molar-refractivity contribution >= 4 is 21.0 Å². The first-order valence-electron chi connectivity index (χ1n) is 9.84. The van der Waals surface area contributed by atoms with E-state index in [1.807, 2.05) is 6.92 Å². The third kappa shape index (κ3) is 15.7.